The number of carbonyl (C=O) groups is 1. The van der Waals surface area contributed by atoms with Crippen molar-refractivity contribution in [3.8, 4) is 5.82 Å². The molecule has 1 aliphatic rings. The number of aromatic nitrogens is 3. The van der Waals surface area contributed by atoms with E-state index in [-0.39, 0.29) is 5.91 Å². The third-order valence-electron chi connectivity index (χ3n) is 4.58. The minimum atomic E-state index is -0.0466. The summed E-state index contributed by atoms with van der Waals surface area (Å²) in [6.07, 6.45) is 7.66. The second-order valence-corrected chi connectivity index (χ2v) is 6.47. The third kappa shape index (κ3) is 3.31. The number of allylic oxidation sites excluding steroid dienone is 1. The quantitative estimate of drug-likeness (QED) is 0.729. The molecule has 1 saturated carbocycles. The monoisotopic (exact) mass is 332 g/mol. The molecule has 0 unspecified atom stereocenters. The van der Waals surface area contributed by atoms with E-state index >= 15 is 0 Å². The number of amides is 1. The number of rotatable bonds is 5. The van der Waals surface area contributed by atoms with Crippen LogP contribution in [-0.4, -0.2) is 20.4 Å². The highest BCUT2D eigenvalue weighted by molar-refractivity contribution is 5.88. The van der Waals surface area contributed by atoms with Crippen LogP contribution in [0.25, 0.3) is 16.9 Å². The Kier molecular flexibility index (Phi) is 4.06. The molecule has 1 aromatic carbocycles. The molecule has 1 N–H and O–H groups in total. The minimum absolute atomic E-state index is 0.0466. The van der Waals surface area contributed by atoms with Crippen molar-refractivity contribution in [2.24, 2.45) is 5.92 Å². The van der Waals surface area contributed by atoms with Crippen LogP contribution in [-0.2, 0) is 11.3 Å². The second-order valence-electron chi connectivity index (χ2n) is 6.47. The Bertz CT molecular complexity index is 953. The topological polar surface area (TPSA) is 59.8 Å². The van der Waals surface area contributed by atoms with Crippen LogP contribution < -0.4 is 5.32 Å². The highest BCUT2D eigenvalue weighted by atomic mass is 16.1. The van der Waals surface area contributed by atoms with Crippen molar-refractivity contribution in [1.29, 1.82) is 0 Å². The Hall–Kier alpha value is -2.95. The number of fused-ring (bicyclic) bond motifs is 1. The molecule has 25 heavy (non-hydrogen) atoms. The molecule has 0 radical (unpaired) electrons. The standard InChI is InChI=1S/C20H20N4O/c1-14(15-8-9-15)11-19(25)22-12-16-5-4-10-21-20(16)24-13-23-17-6-2-3-7-18(17)24/h2-7,10-11,13,15H,8-9,12H2,1H3,(H,22,25). The van der Waals surface area contributed by atoms with Crippen LogP contribution in [0, 0.1) is 5.92 Å². The van der Waals surface area contributed by atoms with Gasteiger partial charge in [-0.15, -0.1) is 0 Å². The van der Waals surface area contributed by atoms with Gasteiger partial charge in [-0.1, -0.05) is 23.8 Å². The highest BCUT2D eigenvalue weighted by Gasteiger charge is 2.23. The van der Waals surface area contributed by atoms with Gasteiger partial charge < -0.3 is 5.32 Å². The van der Waals surface area contributed by atoms with Crippen molar-refractivity contribution >= 4 is 16.9 Å². The maximum atomic E-state index is 12.1. The first-order chi connectivity index (χ1) is 12.2. The van der Waals surface area contributed by atoms with Crippen LogP contribution in [0.2, 0.25) is 0 Å². The number of imidazole rings is 1. The fourth-order valence-corrected chi connectivity index (χ4v) is 3.01. The lowest BCUT2D eigenvalue weighted by Crippen LogP contribution is -2.22. The molecule has 1 aliphatic carbocycles. The maximum Gasteiger partial charge on any atom is 0.244 e. The van der Waals surface area contributed by atoms with Gasteiger partial charge in [-0.3, -0.25) is 9.36 Å². The predicted octanol–water partition coefficient (Wildman–Crippen LogP) is 3.39. The lowest BCUT2D eigenvalue weighted by Gasteiger charge is -2.10. The average molecular weight is 332 g/mol. The van der Waals surface area contributed by atoms with E-state index in [1.165, 1.54) is 18.4 Å². The number of para-hydroxylation sites is 2. The molecule has 0 spiro atoms. The van der Waals surface area contributed by atoms with E-state index in [9.17, 15) is 4.79 Å². The Morgan fingerprint density at radius 1 is 1.24 bits per heavy atom. The summed E-state index contributed by atoms with van der Waals surface area (Å²) in [5, 5.41) is 2.97. The van der Waals surface area contributed by atoms with E-state index in [0.717, 1.165) is 22.4 Å². The largest absolute Gasteiger partial charge is 0.348 e. The number of benzene rings is 1. The van der Waals surface area contributed by atoms with Gasteiger partial charge in [-0.05, 0) is 43.9 Å². The molecule has 1 fully saturated rings. The molecular formula is C20H20N4O. The molecule has 2 heterocycles. The zero-order valence-corrected chi connectivity index (χ0v) is 14.1. The van der Waals surface area contributed by atoms with Crippen molar-refractivity contribution in [1.82, 2.24) is 19.9 Å². The van der Waals surface area contributed by atoms with E-state index in [1.807, 2.05) is 47.9 Å². The molecule has 0 atom stereocenters. The summed E-state index contributed by atoms with van der Waals surface area (Å²) >= 11 is 0. The smallest absolute Gasteiger partial charge is 0.244 e. The van der Waals surface area contributed by atoms with Crippen molar-refractivity contribution in [3.63, 3.8) is 0 Å². The lowest BCUT2D eigenvalue weighted by molar-refractivity contribution is -0.116. The summed E-state index contributed by atoms with van der Waals surface area (Å²) in [6.45, 7) is 2.47. The highest BCUT2D eigenvalue weighted by Crippen LogP contribution is 2.35. The second kappa shape index (κ2) is 6.51. The molecule has 126 valence electrons. The minimum Gasteiger partial charge on any atom is -0.348 e. The van der Waals surface area contributed by atoms with Crippen molar-refractivity contribution < 1.29 is 4.79 Å². The van der Waals surface area contributed by atoms with Crippen molar-refractivity contribution in [2.75, 3.05) is 0 Å². The van der Waals surface area contributed by atoms with Gasteiger partial charge in [0, 0.05) is 24.4 Å². The summed E-state index contributed by atoms with van der Waals surface area (Å²) in [4.78, 5) is 21.1. The zero-order chi connectivity index (χ0) is 17.2. The molecule has 1 amide bonds. The van der Waals surface area contributed by atoms with Gasteiger partial charge in [-0.25, -0.2) is 9.97 Å². The Morgan fingerprint density at radius 3 is 2.92 bits per heavy atom. The van der Waals surface area contributed by atoms with E-state index in [1.54, 1.807) is 18.6 Å². The van der Waals surface area contributed by atoms with Crippen LogP contribution >= 0.6 is 0 Å². The molecule has 0 aliphatic heterocycles. The molecule has 0 bridgehead atoms. The van der Waals surface area contributed by atoms with Crippen molar-refractivity contribution in [3.05, 3.63) is 66.1 Å². The van der Waals surface area contributed by atoms with Gasteiger partial charge in [0.1, 0.15) is 12.1 Å². The fourth-order valence-electron chi connectivity index (χ4n) is 3.01. The summed E-state index contributed by atoms with van der Waals surface area (Å²) in [7, 11) is 0. The van der Waals surface area contributed by atoms with E-state index < -0.39 is 0 Å². The van der Waals surface area contributed by atoms with Gasteiger partial charge in [0.25, 0.3) is 0 Å². The average Bonchev–Trinajstić information content (AvgIpc) is 3.40. The van der Waals surface area contributed by atoms with Crippen LogP contribution in [0.1, 0.15) is 25.3 Å². The summed E-state index contributed by atoms with van der Waals surface area (Å²) in [6, 6.07) is 11.8. The normalized spacial score (nSPS) is 14.7. The Balaban J connectivity index is 1.57. The Labute approximate surface area is 146 Å². The van der Waals surface area contributed by atoms with E-state index in [0.29, 0.717) is 12.5 Å². The number of nitrogens with one attached hydrogen (secondary N) is 1. The summed E-state index contributed by atoms with van der Waals surface area (Å²) in [5.41, 5.74) is 4.05. The molecule has 0 saturated heterocycles. The van der Waals surface area contributed by atoms with Crippen LogP contribution in [0.3, 0.4) is 0 Å². The van der Waals surface area contributed by atoms with Crippen molar-refractivity contribution in [2.45, 2.75) is 26.3 Å². The molecule has 2 aromatic heterocycles. The van der Waals surface area contributed by atoms with E-state index in [2.05, 4.69) is 15.3 Å². The van der Waals surface area contributed by atoms with Crippen LogP contribution in [0.5, 0.6) is 0 Å². The first-order valence-electron chi connectivity index (χ1n) is 8.55. The predicted molar refractivity (Wildman–Crippen MR) is 97.2 cm³/mol. The summed E-state index contributed by atoms with van der Waals surface area (Å²) in [5.74, 6) is 1.35. The molecule has 5 nitrogen and oxygen atoms in total. The van der Waals surface area contributed by atoms with Gasteiger partial charge in [0.2, 0.25) is 5.91 Å². The maximum absolute atomic E-state index is 12.1. The van der Waals surface area contributed by atoms with Gasteiger partial charge in [-0.2, -0.15) is 0 Å². The lowest BCUT2D eigenvalue weighted by atomic mass is 10.2. The van der Waals surface area contributed by atoms with Gasteiger partial charge >= 0.3 is 0 Å². The van der Waals surface area contributed by atoms with Gasteiger partial charge in [0.05, 0.1) is 11.0 Å². The van der Waals surface area contributed by atoms with Gasteiger partial charge in [0.15, 0.2) is 0 Å². The van der Waals surface area contributed by atoms with Crippen LogP contribution in [0.15, 0.2) is 60.6 Å². The van der Waals surface area contributed by atoms with Crippen LogP contribution in [0.4, 0.5) is 0 Å². The third-order valence-corrected chi connectivity index (χ3v) is 4.58. The number of pyridine rings is 1. The first-order valence-corrected chi connectivity index (χ1v) is 8.55. The summed E-state index contributed by atoms with van der Waals surface area (Å²) < 4.78 is 1.96. The molecule has 4 rings (SSSR count). The fraction of sp³-hybridized carbons (Fsp3) is 0.250. The number of carbonyl (C=O) groups excluding carboxylic acids is 1. The number of hydrogen-bond donors (Lipinski definition) is 1. The van der Waals surface area contributed by atoms with E-state index in [4.69, 9.17) is 0 Å². The Morgan fingerprint density at radius 2 is 2.08 bits per heavy atom. The zero-order valence-electron chi connectivity index (χ0n) is 14.1. The molecular weight excluding hydrogens is 312 g/mol. The number of hydrogen-bond acceptors (Lipinski definition) is 3. The molecule has 3 aromatic rings. The molecule has 5 heteroatoms. The first kappa shape index (κ1) is 15.6. The number of nitrogens with zero attached hydrogens (tertiary/aromatic N) is 3. The SMILES string of the molecule is CC(=CC(=O)NCc1cccnc1-n1cnc2ccccc21)C1CC1.